The first kappa shape index (κ1) is 15.1. The molecular formula is C17H20ClN3O. The summed E-state index contributed by atoms with van der Waals surface area (Å²) >= 11 is 6.06. The van der Waals surface area contributed by atoms with Crippen molar-refractivity contribution in [1.82, 2.24) is 9.88 Å². The number of aromatic nitrogens is 1. The number of anilines is 1. The number of hydrogen-bond acceptors (Lipinski definition) is 2. The van der Waals surface area contributed by atoms with Crippen molar-refractivity contribution in [2.45, 2.75) is 25.3 Å². The molecule has 1 fully saturated rings. The highest BCUT2D eigenvalue weighted by Gasteiger charge is 2.26. The van der Waals surface area contributed by atoms with Gasteiger partial charge >= 0.3 is 0 Å². The number of likely N-dealkylation sites (tertiary alicyclic amines) is 1. The van der Waals surface area contributed by atoms with Crippen molar-refractivity contribution >= 4 is 23.2 Å². The Morgan fingerprint density at radius 2 is 2.18 bits per heavy atom. The van der Waals surface area contributed by atoms with E-state index in [1.54, 1.807) is 6.07 Å². The van der Waals surface area contributed by atoms with E-state index in [-0.39, 0.29) is 5.91 Å². The van der Waals surface area contributed by atoms with E-state index in [2.05, 4.69) is 21.3 Å². The van der Waals surface area contributed by atoms with Crippen LogP contribution in [-0.2, 0) is 4.79 Å². The molecule has 0 bridgehead atoms. The predicted octanol–water partition coefficient (Wildman–Crippen LogP) is 3.83. The molecule has 1 aliphatic heterocycles. The molecule has 116 valence electrons. The summed E-state index contributed by atoms with van der Waals surface area (Å²) in [5, 5.41) is 3.45. The number of para-hydroxylation sites is 1. The number of nitrogens with zero attached hydrogens (tertiary/aromatic N) is 1. The van der Waals surface area contributed by atoms with Crippen LogP contribution in [0.1, 0.15) is 31.0 Å². The van der Waals surface area contributed by atoms with Gasteiger partial charge in [0.15, 0.2) is 0 Å². The lowest BCUT2D eigenvalue weighted by Gasteiger charge is -2.23. The first-order valence-electron chi connectivity index (χ1n) is 7.66. The van der Waals surface area contributed by atoms with Gasteiger partial charge < -0.3 is 10.3 Å². The fourth-order valence-electron chi connectivity index (χ4n) is 3.02. The molecule has 1 aromatic carbocycles. The minimum atomic E-state index is 0.00485. The van der Waals surface area contributed by atoms with Gasteiger partial charge in [-0.2, -0.15) is 0 Å². The second-order valence-electron chi connectivity index (χ2n) is 5.60. The topological polar surface area (TPSA) is 48.1 Å². The van der Waals surface area contributed by atoms with Gasteiger partial charge in [0.05, 0.1) is 10.7 Å². The lowest BCUT2D eigenvalue weighted by molar-refractivity contribution is -0.116. The van der Waals surface area contributed by atoms with Crippen LogP contribution in [0.15, 0.2) is 42.6 Å². The number of aromatic amines is 1. The highest BCUT2D eigenvalue weighted by Crippen LogP contribution is 2.30. The average molecular weight is 318 g/mol. The summed E-state index contributed by atoms with van der Waals surface area (Å²) in [6.45, 7) is 1.81. The number of carbonyl (C=O) groups is 1. The average Bonchev–Trinajstić information content (AvgIpc) is 3.18. The van der Waals surface area contributed by atoms with E-state index in [1.807, 2.05) is 30.5 Å². The van der Waals surface area contributed by atoms with Crippen molar-refractivity contribution in [3.8, 4) is 0 Å². The molecule has 2 heterocycles. The number of carbonyl (C=O) groups excluding carboxylic acids is 1. The van der Waals surface area contributed by atoms with Crippen molar-refractivity contribution < 1.29 is 4.79 Å². The Balaban J connectivity index is 1.54. The van der Waals surface area contributed by atoms with E-state index in [4.69, 9.17) is 11.6 Å². The standard InChI is InChI=1S/C17H20ClN3O/c18-13-5-1-2-6-14(13)20-17(22)9-12-21-11-4-8-16(21)15-7-3-10-19-15/h1-3,5-7,10,16,19H,4,8-9,11-12H2,(H,20,22)/t16-/m0/s1. The number of amides is 1. The van der Waals surface area contributed by atoms with E-state index in [9.17, 15) is 4.79 Å². The van der Waals surface area contributed by atoms with Crippen LogP contribution in [0.5, 0.6) is 0 Å². The molecule has 4 nitrogen and oxygen atoms in total. The van der Waals surface area contributed by atoms with Crippen LogP contribution < -0.4 is 5.32 Å². The van der Waals surface area contributed by atoms with E-state index in [0.29, 0.717) is 23.2 Å². The van der Waals surface area contributed by atoms with Gasteiger partial charge in [-0.25, -0.2) is 0 Å². The molecule has 0 aliphatic carbocycles. The first-order chi connectivity index (χ1) is 10.7. The minimum Gasteiger partial charge on any atom is -0.364 e. The number of rotatable bonds is 5. The van der Waals surface area contributed by atoms with Crippen molar-refractivity contribution in [3.05, 3.63) is 53.3 Å². The van der Waals surface area contributed by atoms with E-state index < -0.39 is 0 Å². The maximum atomic E-state index is 12.1. The summed E-state index contributed by atoms with van der Waals surface area (Å²) in [6.07, 6.45) is 4.75. The van der Waals surface area contributed by atoms with Crippen LogP contribution in [0.4, 0.5) is 5.69 Å². The quantitative estimate of drug-likeness (QED) is 0.880. The van der Waals surface area contributed by atoms with Gasteiger partial charge in [0.2, 0.25) is 5.91 Å². The van der Waals surface area contributed by atoms with Gasteiger partial charge in [-0.15, -0.1) is 0 Å². The fraction of sp³-hybridized carbons (Fsp3) is 0.353. The number of benzene rings is 1. The highest BCUT2D eigenvalue weighted by molar-refractivity contribution is 6.33. The van der Waals surface area contributed by atoms with Crippen molar-refractivity contribution in [3.63, 3.8) is 0 Å². The Morgan fingerprint density at radius 3 is 2.95 bits per heavy atom. The first-order valence-corrected chi connectivity index (χ1v) is 8.03. The Bertz CT molecular complexity index is 627. The third kappa shape index (κ3) is 3.51. The Hall–Kier alpha value is -1.78. The summed E-state index contributed by atoms with van der Waals surface area (Å²) in [6, 6.07) is 11.9. The molecule has 1 aliphatic rings. The molecule has 0 spiro atoms. The molecule has 0 unspecified atom stereocenters. The molecular weight excluding hydrogens is 298 g/mol. The zero-order valence-electron chi connectivity index (χ0n) is 12.4. The van der Waals surface area contributed by atoms with Crippen LogP contribution in [0.3, 0.4) is 0 Å². The zero-order chi connectivity index (χ0) is 15.4. The molecule has 1 aromatic heterocycles. The SMILES string of the molecule is O=C(CCN1CCC[C@H]1c1ccc[nH]1)Nc1ccccc1Cl. The number of H-pyrrole nitrogens is 1. The maximum absolute atomic E-state index is 12.1. The molecule has 5 heteroatoms. The molecule has 1 saturated heterocycles. The maximum Gasteiger partial charge on any atom is 0.225 e. The Labute approximate surface area is 135 Å². The van der Waals surface area contributed by atoms with Crippen LogP contribution in [-0.4, -0.2) is 28.9 Å². The predicted molar refractivity (Wildman–Crippen MR) is 89.0 cm³/mol. The third-order valence-electron chi connectivity index (χ3n) is 4.12. The van der Waals surface area contributed by atoms with Crippen molar-refractivity contribution in [2.24, 2.45) is 0 Å². The molecule has 0 saturated carbocycles. The second kappa shape index (κ2) is 6.99. The van der Waals surface area contributed by atoms with Crippen molar-refractivity contribution in [2.75, 3.05) is 18.4 Å². The number of halogens is 1. The van der Waals surface area contributed by atoms with Gasteiger partial charge in [0.25, 0.3) is 0 Å². The fourth-order valence-corrected chi connectivity index (χ4v) is 3.20. The third-order valence-corrected chi connectivity index (χ3v) is 4.45. The van der Waals surface area contributed by atoms with Gasteiger partial charge in [-0.05, 0) is 43.7 Å². The molecule has 3 rings (SSSR count). The number of nitrogens with one attached hydrogen (secondary N) is 2. The monoisotopic (exact) mass is 317 g/mol. The van der Waals surface area contributed by atoms with E-state index in [1.165, 1.54) is 12.1 Å². The smallest absolute Gasteiger partial charge is 0.225 e. The minimum absolute atomic E-state index is 0.00485. The summed E-state index contributed by atoms with van der Waals surface area (Å²) in [5.74, 6) is 0.00485. The van der Waals surface area contributed by atoms with Crippen LogP contribution in [0.2, 0.25) is 5.02 Å². The highest BCUT2D eigenvalue weighted by atomic mass is 35.5. The zero-order valence-corrected chi connectivity index (χ0v) is 13.1. The summed E-state index contributed by atoms with van der Waals surface area (Å²) < 4.78 is 0. The lowest BCUT2D eigenvalue weighted by atomic mass is 10.1. The lowest BCUT2D eigenvalue weighted by Crippen LogP contribution is -2.27. The van der Waals surface area contributed by atoms with Gasteiger partial charge in [-0.3, -0.25) is 9.69 Å². The Morgan fingerprint density at radius 1 is 1.32 bits per heavy atom. The summed E-state index contributed by atoms with van der Waals surface area (Å²) in [7, 11) is 0. The number of hydrogen-bond donors (Lipinski definition) is 2. The Kier molecular flexibility index (Phi) is 4.80. The van der Waals surface area contributed by atoms with Gasteiger partial charge in [0, 0.05) is 30.9 Å². The molecule has 1 amide bonds. The van der Waals surface area contributed by atoms with Crippen LogP contribution >= 0.6 is 11.6 Å². The molecule has 1 atom stereocenters. The largest absolute Gasteiger partial charge is 0.364 e. The van der Waals surface area contributed by atoms with E-state index >= 15 is 0 Å². The molecule has 22 heavy (non-hydrogen) atoms. The van der Waals surface area contributed by atoms with Gasteiger partial charge in [-0.1, -0.05) is 23.7 Å². The van der Waals surface area contributed by atoms with E-state index in [0.717, 1.165) is 19.5 Å². The normalized spacial score (nSPS) is 18.5. The molecule has 2 aromatic rings. The second-order valence-corrected chi connectivity index (χ2v) is 6.00. The summed E-state index contributed by atoms with van der Waals surface area (Å²) in [4.78, 5) is 17.8. The van der Waals surface area contributed by atoms with Crippen LogP contribution in [0, 0.1) is 0 Å². The summed E-state index contributed by atoms with van der Waals surface area (Å²) in [5.41, 5.74) is 1.92. The molecule has 2 N–H and O–H groups in total. The van der Waals surface area contributed by atoms with Crippen molar-refractivity contribution in [1.29, 1.82) is 0 Å². The molecule has 0 radical (unpaired) electrons. The van der Waals surface area contributed by atoms with Gasteiger partial charge in [0.1, 0.15) is 0 Å². The van der Waals surface area contributed by atoms with Crippen LogP contribution in [0.25, 0.3) is 0 Å².